The van der Waals surface area contributed by atoms with Crippen molar-refractivity contribution in [2.24, 2.45) is 0 Å². The number of amides is 1. The highest BCUT2D eigenvalue weighted by Gasteiger charge is 2.09. The van der Waals surface area contributed by atoms with E-state index < -0.39 is 0 Å². The normalized spacial score (nSPS) is 10.1. The van der Waals surface area contributed by atoms with E-state index in [0.29, 0.717) is 16.6 Å². The SMILES string of the molecule is Cc1nsc(NC(=O)c2cscn2)n1. The van der Waals surface area contributed by atoms with E-state index in [9.17, 15) is 4.79 Å². The van der Waals surface area contributed by atoms with Gasteiger partial charge in [-0.3, -0.25) is 10.1 Å². The van der Waals surface area contributed by atoms with Crippen molar-refractivity contribution < 1.29 is 4.79 Å². The molecule has 1 amide bonds. The Morgan fingerprint density at radius 2 is 2.43 bits per heavy atom. The van der Waals surface area contributed by atoms with Crippen molar-refractivity contribution in [1.29, 1.82) is 0 Å². The minimum absolute atomic E-state index is 0.248. The number of nitrogens with one attached hydrogen (secondary N) is 1. The van der Waals surface area contributed by atoms with Gasteiger partial charge in [-0.1, -0.05) is 0 Å². The number of nitrogens with zero attached hydrogens (tertiary/aromatic N) is 3. The molecule has 0 saturated heterocycles. The molecule has 5 nitrogen and oxygen atoms in total. The molecular formula is C7H6N4OS2. The van der Waals surface area contributed by atoms with E-state index in [-0.39, 0.29) is 5.91 Å². The molecule has 2 heterocycles. The van der Waals surface area contributed by atoms with Crippen LogP contribution in [0.15, 0.2) is 10.9 Å². The number of aromatic nitrogens is 3. The van der Waals surface area contributed by atoms with E-state index in [1.807, 2.05) is 0 Å². The summed E-state index contributed by atoms with van der Waals surface area (Å²) in [6, 6.07) is 0. The predicted molar refractivity (Wildman–Crippen MR) is 54.7 cm³/mol. The fourth-order valence-corrected chi connectivity index (χ4v) is 1.94. The molecule has 2 aromatic heterocycles. The van der Waals surface area contributed by atoms with Crippen molar-refractivity contribution in [3.8, 4) is 0 Å². The van der Waals surface area contributed by atoms with E-state index in [0.717, 1.165) is 11.5 Å². The van der Waals surface area contributed by atoms with Gasteiger partial charge in [0.1, 0.15) is 11.5 Å². The molecule has 0 aliphatic rings. The molecule has 0 spiro atoms. The molecule has 0 aliphatic carbocycles. The highest BCUT2D eigenvalue weighted by atomic mass is 32.1. The van der Waals surface area contributed by atoms with E-state index in [1.54, 1.807) is 17.8 Å². The van der Waals surface area contributed by atoms with Crippen LogP contribution in [-0.4, -0.2) is 20.2 Å². The van der Waals surface area contributed by atoms with Gasteiger partial charge in [0, 0.05) is 16.9 Å². The molecule has 1 N–H and O–H groups in total. The van der Waals surface area contributed by atoms with Gasteiger partial charge in [0.25, 0.3) is 5.91 Å². The summed E-state index contributed by atoms with van der Waals surface area (Å²) in [7, 11) is 0. The van der Waals surface area contributed by atoms with Crippen LogP contribution in [0.2, 0.25) is 0 Å². The number of carbonyl (C=O) groups excluding carboxylic acids is 1. The Balaban J connectivity index is 2.09. The van der Waals surface area contributed by atoms with Gasteiger partial charge >= 0.3 is 0 Å². The van der Waals surface area contributed by atoms with Crippen molar-refractivity contribution in [2.45, 2.75) is 6.92 Å². The van der Waals surface area contributed by atoms with Gasteiger partial charge in [-0.05, 0) is 6.92 Å². The lowest BCUT2D eigenvalue weighted by atomic mass is 10.5. The number of hydrogen-bond acceptors (Lipinski definition) is 6. The van der Waals surface area contributed by atoms with Crippen molar-refractivity contribution in [2.75, 3.05) is 5.32 Å². The number of thiazole rings is 1. The van der Waals surface area contributed by atoms with E-state index in [1.165, 1.54) is 11.3 Å². The predicted octanol–water partition coefficient (Wildman–Crippen LogP) is 1.56. The number of hydrogen-bond donors (Lipinski definition) is 1. The maximum absolute atomic E-state index is 11.5. The van der Waals surface area contributed by atoms with Gasteiger partial charge in [-0.15, -0.1) is 11.3 Å². The van der Waals surface area contributed by atoms with Crippen LogP contribution in [0.1, 0.15) is 16.3 Å². The number of aryl methyl sites for hydroxylation is 1. The Morgan fingerprint density at radius 3 is 3.00 bits per heavy atom. The molecular weight excluding hydrogens is 220 g/mol. The first kappa shape index (κ1) is 9.22. The van der Waals surface area contributed by atoms with Gasteiger partial charge in [0.05, 0.1) is 5.51 Å². The minimum atomic E-state index is -0.248. The lowest BCUT2D eigenvalue weighted by Gasteiger charge is -1.95. The lowest BCUT2D eigenvalue weighted by Crippen LogP contribution is -2.11. The first-order valence-electron chi connectivity index (χ1n) is 3.75. The monoisotopic (exact) mass is 226 g/mol. The number of anilines is 1. The van der Waals surface area contributed by atoms with E-state index in [2.05, 4.69) is 19.7 Å². The average Bonchev–Trinajstić information content (AvgIpc) is 2.75. The van der Waals surface area contributed by atoms with Crippen molar-refractivity contribution in [3.05, 3.63) is 22.4 Å². The maximum Gasteiger partial charge on any atom is 0.276 e. The van der Waals surface area contributed by atoms with Gasteiger partial charge in [0.2, 0.25) is 5.13 Å². The molecule has 0 unspecified atom stereocenters. The summed E-state index contributed by atoms with van der Waals surface area (Å²) in [5, 5.41) is 4.80. The summed E-state index contributed by atoms with van der Waals surface area (Å²) < 4.78 is 3.95. The summed E-state index contributed by atoms with van der Waals surface area (Å²) in [5.74, 6) is 0.408. The van der Waals surface area contributed by atoms with Crippen LogP contribution in [0.4, 0.5) is 5.13 Å². The molecule has 0 saturated carbocycles. The topological polar surface area (TPSA) is 67.8 Å². The summed E-state index contributed by atoms with van der Waals surface area (Å²) >= 11 is 2.54. The average molecular weight is 226 g/mol. The van der Waals surface area contributed by atoms with E-state index >= 15 is 0 Å². The van der Waals surface area contributed by atoms with Crippen molar-refractivity contribution >= 4 is 33.9 Å². The second kappa shape index (κ2) is 3.81. The molecule has 0 radical (unpaired) electrons. The van der Waals surface area contributed by atoms with Crippen molar-refractivity contribution in [1.82, 2.24) is 14.3 Å². The molecule has 7 heteroatoms. The Bertz CT molecular complexity index is 436. The zero-order chi connectivity index (χ0) is 9.97. The Morgan fingerprint density at radius 1 is 1.57 bits per heavy atom. The second-order valence-electron chi connectivity index (χ2n) is 2.47. The highest BCUT2D eigenvalue weighted by Crippen LogP contribution is 2.11. The molecule has 2 aromatic rings. The van der Waals surface area contributed by atoms with Crippen molar-refractivity contribution in [3.63, 3.8) is 0 Å². The van der Waals surface area contributed by atoms with Crippen LogP contribution in [0.5, 0.6) is 0 Å². The zero-order valence-electron chi connectivity index (χ0n) is 7.22. The fraction of sp³-hybridized carbons (Fsp3) is 0.143. The zero-order valence-corrected chi connectivity index (χ0v) is 8.85. The molecule has 2 rings (SSSR count). The minimum Gasteiger partial charge on any atom is -0.295 e. The summed E-state index contributed by atoms with van der Waals surface area (Å²) in [5.41, 5.74) is 2.02. The molecule has 0 bridgehead atoms. The molecule has 14 heavy (non-hydrogen) atoms. The van der Waals surface area contributed by atoms with Crippen LogP contribution in [0.25, 0.3) is 0 Å². The number of carbonyl (C=O) groups is 1. The molecule has 0 aliphatic heterocycles. The Hall–Kier alpha value is -1.34. The third-order valence-electron chi connectivity index (χ3n) is 1.41. The molecule has 72 valence electrons. The molecule has 0 fully saturated rings. The fourth-order valence-electron chi connectivity index (χ4n) is 0.834. The van der Waals surface area contributed by atoms with Crippen LogP contribution in [0, 0.1) is 6.92 Å². The van der Waals surface area contributed by atoms with Crippen LogP contribution >= 0.6 is 22.9 Å². The summed E-state index contributed by atoms with van der Waals surface area (Å²) in [6.45, 7) is 1.77. The van der Waals surface area contributed by atoms with Gasteiger partial charge in [-0.25, -0.2) is 9.97 Å². The van der Waals surface area contributed by atoms with Gasteiger partial charge < -0.3 is 0 Å². The van der Waals surface area contributed by atoms with Gasteiger partial charge in [-0.2, -0.15) is 4.37 Å². The van der Waals surface area contributed by atoms with E-state index in [4.69, 9.17) is 0 Å². The van der Waals surface area contributed by atoms with Crippen LogP contribution < -0.4 is 5.32 Å². The van der Waals surface area contributed by atoms with Crippen LogP contribution in [-0.2, 0) is 0 Å². The van der Waals surface area contributed by atoms with Crippen LogP contribution in [0.3, 0.4) is 0 Å². The first-order valence-corrected chi connectivity index (χ1v) is 5.47. The standard InChI is InChI=1S/C7H6N4OS2/c1-4-9-7(14-11-4)10-6(12)5-2-13-3-8-5/h2-3H,1H3,(H,9,10,11,12). The Kier molecular flexibility index (Phi) is 2.51. The maximum atomic E-state index is 11.5. The third kappa shape index (κ3) is 1.94. The van der Waals surface area contributed by atoms with Gasteiger partial charge in [0.15, 0.2) is 0 Å². The smallest absolute Gasteiger partial charge is 0.276 e. The highest BCUT2D eigenvalue weighted by molar-refractivity contribution is 7.10. The number of rotatable bonds is 2. The Labute approximate surface area is 88.0 Å². The quantitative estimate of drug-likeness (QED) is 0.843. The second-order valence-corrected chi connectivity index (χ2v) is 3.95. The molecule has 0 aromatic carbocycles. The first-order chi connectivity index (χ1) is 6.75. The summed E-state index contributed by atoms with van der Waals surface area (Å²) in [6.07, 6.45) is 0. The largest absolute Gasteiger partial charge is 0.295 e. The molecule has 0 atom stereocenters. The lowest BCUT2D eigenvalue weighted by molar-refractivity contribution is 0.102. The summed E-state index contributed by atoms with van der Waals surface area (Å²) in [4.78, 5) is 19.4. The third-order valence-corrected chi connectivity index (χ3v) is 2.72.